The number of anilines is 1. The van der Waals surface area contributed by atoms with Crippen molar-refractivity contribution in [2.45, 2.75) is 10.9 Å². The number of likely N-dealkylation sites (N-methyl/N-ethyl adjacent to an activating group) is 1. The van der Waals surface area contributed by atoms with Crippen LogP contribution in [-0.4, -0.2) is 77.2 Å². The molecule has 3 rings (SSSR count). The molecule has 1 fully saturated rings. The highest BCUT2D eigenvalue weighted by atomic mass is 32.2. The van der Waals surface area contributed by atoms with Gasteiger partial charge in [-0.2, -0.15) is 4.98 Å². The number of hydrogen-bond donors (Lipinski definition) is 0. The Labute approximate surface area is 147 Å². The van der Waals surface area contributed by atoms with E-state index in [0.717, 1.165) is 26.2 Å². The zero-order valence-electron chi connectivity index (χ0n) is 14.0. The Morgan fingerprint density at radius 1 is 1.29 bits per heavy atom. The number of rotatable bonds is 5. The Balaban J connectivity index is 2.08. The number of piperazine rings is 1. The normalized spacial score (nSPS) is 17.6. The molecule has 1 unspecified atom stereocenters. The summed E-state index contributed by atoms with van der Waals surface area (Å²) in [5, 5.41) is 0. The molecule has 0 spiro atoms. The van der Waals surface area contributed by atoms with Gasteiger partial charge in [0.25, 0.3) is 5.56 Å². The van der Waals surface area contributed by atoms with Crippen molar-refractivity contribution in [3.63, 3.8) is 0 Å². The van der Waals surface area contributed by atoms with Crippen molar-refractivity contribution in [1.29, 1.82) is 0 Å². The molecule has 0 N–H and O–H groups in total. The van der Waals surface area contributed by atoms with E-state index in [-0.39, 0.29) is 5.56 Å². The van der Waals surface area contributed by atoms with Crippen molar-refractivity contribution in [2.75, 3.05) is 58.1 Å². The smallest absolute Gasteiger partial charge is 0.304 e. The molecule has 0 amide bonds. The molecule has 1 aliphatic rings. The molecule has 1 saturated heterocycles. The molecule has 3 heterocycles. The Hall–Kier alpha value is -1.20. The fourth-order valence-electron chi connectivity index (χ4n) is 2.63. The lowest BCUT2D eigenvalue weighted by Crippen LogP contribution is -2.47. The van der Waals surface area contributed by atoms with Gasteiger partial charge in [0.05, 0.1) is 13.2 Å². The summed E-state index contributed by atoms with van der Waals surface area (Å²) in [6.07, 6.45) is 1.56. The topological polar surface area (TPSA) is 86.6 Å². The molecule has 0 saturated carbocycles. The van der Waals surface area contributed by atoms with Crippen LogP contribution < -0.4 is 10.5 Å². The molecule has 10 heteroatoms. The third kappa shape index (κ3) is 3.42. The predicted molar refractivity (Wildman–Crippen MR) is 95.6 cm³/mol. The Morgan fingerprint density at radius 3 is 2.62 bits per heavy atom. The first-order valence-corrected chi connectivity index (χ1v) is 10.1. The van der Waals surface area contributed by atoms with Gasteiger partial charge in [-0.05, 0) is 18.4 Å². The molecular weight excluding hydrogens is 350 g/mol. The van der Waals surface area contributed by atoms with Gasteiger partial charge >= 0.3 is 4.34 Å². The molecule has 8 nitrogen and oxygen atoms in total. The van der Waals surface area contributed by atoms with Crippen molar-refractivity contribution < 1.29 is 9.29 Å². The molecular formula is C14H21N5O3S2. The second-order valence-corrected chi connectivity index (χ2v) is 8.27. The largest absolute Gasteiger partial charge is 0.610 e. The van der Waals surface area contributed by atoms with Crippen LogP contribution in [0.3, 0.4) is 0 Å². The number of methoxy groups -OCH3 is 1. The first kappa shape index (κ1) is 17.6. The van der Waals surface area contributed by atoms with Crippen LogP contribution >= 0.6 is 11.3 Å². The lowest BCUT2D eigenvalue weighted by Gasteiger charge is -2.34. The molecule has 0 aromatic carbocycles. The van der Waals surface area contributed by atoms with Gasteiger partial charge in [0.1, 0.15) is 6.26 Å². The molecule has 132 valence electrons. The van der Waals surface area contributed by atoms with E-state index >= 15 is 0 Å². The average molecular weight is 371 g/mol. The van der Waals surface area contributed by atoms with E-state index in [9.17, 15) is 9.35 Å². The fraction of sp³-hybridized carbons (Fsp3) is 0.643. The van der Waals surface area contributed by atoms with Crippen LogP contribution in [0.5, 0.6) is 0 Å². The Morgan fingerprint density at radius 2 is 2.00 bits per heavy atom. The third-order valence-corrected chi connectivity index (χ3v) is 6.31. The Bertz CT molecular complexity index is 768. The second-order valence-electron chi connectivity index (χ2n) is 5.74. The van der Waals surface area contributed by atoms with Gasteiger partial charge in [-0.25, -0.2) is 4.98 Å². The predicted octanol–water partition coefficient (Wildman–Crippen LogP) is -0.0114. The van der Waals surface area contributed by atoms with Gasteiger partial charge in [-0.1, -0.05) is 0 Å². The molecule has 24 heavy (non-hydrogen) atoms. The standard InChI is InChI=1S/C14H21N5O3S2/c1-17-4-6-18(7-5-17)13-16-11-10(15-14(23-11)24(3)21)12(20)19(13)8-9-22-2/h4-9H2,1-3H3. The van der Waals surface area contributed by atoms with Gasteiger partial charge in [0.2, 0.25) is 5.95 Å². The van der Waals surface area contributed by atoms with Crippen molar-refractivity contribution in [2.24, 2.45) is 0 Å². The minimum Gasteiger partial charge on any atom is -0.610 e. The molecule has 0 radical (unpaired) electrons. The van der Waals surface area contributed by atoms with E-state index in [0.29, 0.717) is 33.8 Å². The molecule has 2 aromatic rings. The Kier molecular flexibility index (Phi) is 5.40. The fourth-order valence-corrected chi connectivity index (χ4v) is 4.22. The van der Waals surface area contributed by atoms with Crippen LogP contribution in [0, 0.1) is 0 Å². The van der Waals surface area contributed by atoms with Crippen molar-refractivity contribution in [3.05, 3.63) is 10.4 Å². The van der Waals surface area contributed by atoms with E-state index in [1.54, 1.807) is 17.9 Å². The average Bonchev–Trinajstić information content (AvgIpc) is 2.99. The van der Waals surface area contributed by atoms with Gasteiger partial charge < -0.3 is 19.1 Å². The van der Waals surface area contributed by atoms with Gasteiger partial charge in [-0.3, -0.25) is 9.36 Å². The SMILES string of the molecule is COCCn1c(N2CCN(C)CC2)nc2sc([S+](C)[O-])nc2c1=O. The molecule has 0 bridgehead atoms. The summed E-state index contributed by atoms with van der Waals surface area (Å²) in [4.78, 5) is 26.7. The first-order valence-electron chi connectivity index (χ1n) is 7.68. The number of aromatic nitrogens is 3. The quantitative estimate of drug-likeness (QED) is 0.683. The number of nitrogens with zero attached hydrogens (tertiary/aromatic N) is 5. The molecule has 1 atom stereocenters. The van der Waals surface area contributed by atoms with E-state index < -0.39 is 11.2 Å². The maximum atomic E-state index is 12.9. The summed E-state index contributed by atoms with van der Waals surface area (Å²) < 4.78 is 18.9. The summed E-state index contributed by atoms with van der Waals surface area (Å²) in [7, 11) is 3.69. The van der Waals surface area contributed by atoms with Crippen LogP contribution in [0.1, 0.15) is 0 Å². The summed E-state index contributed by atoms with van der Waals surface area (Å²) >= 11 is 0.00313. The highest BCUT2D eigenvalue weighted by Crippen LogP contribution is 2.24. The summed E-state index contributed by atoms with van der Waals surface area (Å²) in [6, 6.07) is 0. The molecule has 1 aliphatic heterocycles. The van der Waals surface area contributed by atoms with Crippen molar-refractivity contribution >= 4 is 38.8 Å². The highest BCUT2D eigenvalue weighted by Gasteiger charge is 2.24. The van der Waals surface area contributed by atoms with E-state index in [2.05, 4.69) is 26.8 Å². The molecule has 0 aliphatic carbocycles. The first-order chi connectivity index (χ1) is 11.5. The zero-order chi connectivity index (χ0) is 17.3. The minimum absolute atomic E-state index is 0.195. The minimum atomic E-state index is -1.22. The summed E-state index contributed by atoms with van der Waals surface area (Å²) in [6.45, 7) is 4.31. The van der Waals surface area contributed by atoms with Crippen LogP contribution in [0.15, 0.2) is 9.13 Å². The van der Waals surface area contributed by atoms with Crippen LogP contribution in [0.2, 0.25) is 0 Å². The lowest BCUT2D eigenvalue weighted by atomic mass is 10.3. The van der Waals surface area contributed by atoms with Gasteiger partial charge in [-0.15, -0.1) is 0 Å². The monoisotopic (exact) mass is 371 g/mol. The number of thiazole rings is 1. The van der Waals surface area contributed by atoms with Crippen LogP contribution in [-0.2, 0) is 22.5 Å². The number of hydrogen-bond acceptors (Lipinski definition) is 8. The van der Waals surface area contributed by atoms with Crippen molar-refractivity contribution in [3.8, 4) is 0 Å². The van der Waals surface area contributed by atoms with Gasteiger partial charge in [0, 0.05) is 44.5 Å². The summed E-state index contributed by atoms with van der Waals surface area (Å²) in [5.41, 5.74) is 0.0955. The van der Waals surface area contributed by atoms with Crippen molar-refractivity contribution in [1.82, 2.24) is 19.4 Å². The zero-order valence-corrected chi connectivity index (χ0v) is 15.7. The molecule has 2 aromatic heterocycles. The number of fused-ring (bicyclic) bond motifs is 1. The van der Waals surface area contributed by atoms with Crippen LogP contribution in [0.4, 0.5) is 5.95 Å². The highest BCUT2D eigenvalue weighted by molar-refractivity contribution is 7.92. The maximum Gasteiger partial charge on any atom is 0.304 e. The van der Waals surface area contributed by atoms with E-state index in [1.165, 1.54) is 11.3 Å². The maximum absolute atomic E-state index is 12.9. The lowest BCUT2D eigenvalue weighted by molar-refractivity contribution is 0.186. The van der Waals surface area contributed by atoms with E-state index in [4.69, 9.17) is 4.74 Å². The number of ether oxygens (including phenoxy) is 1. The third-order valence-electron chi connectivity index (χ3n) is 4.03. The van der Waals surface area contributed by atoms with Gasteiger partial charge in [0.15, 0.2) is 10.3 Å². The van der Waals surface area contributed by atoms with E-state index in [1.807, 2.05) is 0 Å². The second kappa shape index (κ2) is 7.36. The van der Waals surface area contributed by atoms with Crippen LogP contribution in [0.25, 0.3) is 10.3 Å². The summed E-state index contributed by atoms with van der Waals surface area (Å²) in [5.74, 6) is 0.648.